The van der Waals surface area contributed by atoms with E-state index in [0.717, 1.165) is 17.8 Å². The second-order valence-electron chi connectivity index (χ2n) is 4.55. The van der Waals surface area contributed by atoms with Gasteiger partial charge in [-0.25, -0.2) is 9.67 Å². The maximum Gasteiger partial charge on any atom is 0.138 e. The van der Waals surface area contributed by atoms with Crippen LogP contribution in [0.2, 0.25) is 0 Å². The lowest BCUT2D eigenvalue weighted by atomic mass is 10.0. The van der Waals surface area contributed by atoms with E-state index in [1.165, 1.54) is 0 Å². The first-order valence-corrected chi connectivity index (χ1v) is 6.12. The van der Waals surface area contributed by atoms with E-state index < -0.39 is 0 Å². The van der Waals surface area contributed by atoms with Crippen molar-refractivity contribution in [2.45, 2.75) is 32.4 Å². The molecular formula is C13H19N5. The Hall–Kier alpha value is -1.72. The fraction of sp³-hybridized carbons (Fsp3) is 0.385. The van der Waals surface area contributed by atoms with Crippen LogP contribution in [-0.2, 0) is 6.42 Å². The van der Waals surface area contributed by atoms with Crippen molar-refractivity contribution in [1.82, 2.24) is 20.2 Å². The maximum atomic E-state index is 5.64. The summed E-state index contributed by atoms with van der Waals surface area (Å²) >= 11 is 0. The summed E-state index contributed by atoms with van der Waals surface area (Å²) in [5.74, 6) is 6.58. The van der Waals surface area contributed by atoms with Gasteiger partial charge < -0.3 is 0 Å². The molecule has 5 nitrogen and oxygen atoms in total. The van der Waals surface area contributed by atoms with Gasteiger partial charge in [-0.15, -0.1) is 0 Å². The molecule has 0 bridgehead atoms. The average Bonchev–Trinajstić information content (AvgIpc) is 2.85. The van der Waals surface area contributed by atoms with Gasteiger partial charge in [0.15, 0.2) is 0 Å². The molecule has 1 atom stereocenters. The van der Waals surface area contributed by atoms with Gasteiger partial charge in [0.25, 0.3) is 0 Å². The second kappa shape index (κ2) is 5.75. The first kappa shape index (κ1) is 12.7. The topological polar surface area (TPSA) is 68.8 Å². The molecule has 1 unspecified atom stereocenters. The van der Waals surface area contributed by atoms with Crippen LogP contribution in [0.4, 0.5) is 0 Å². The van der Waals surface area contributed by atoms with E-state index >= 15 is 0 Å². The minimum atomic E-state index is 0.0490. The summed E-state index contributed by atoms with van der Waals surface area (Å²) in [6.45, 7) is 4.18. The molecule has 3 N–H and O–H groups in total. The van der Waals surface area contributed by atoms with Crippen LogP contribution in [0.15, 0.2) is 36.7 Å². The molecule has 2 rings (SSSR count). The monoisotopic (exact) mass is 245 g/mol. The van der Waals surface area contributed by atoms with Crippen molar-refractivity contribution in [3.8, 4) is 0 Å². The van der Waals surface area contributed by atoms with Crippen molar-refractivity contribution in [1.29, 1.82) is 0 Å². The number of nitrogens with zero attached hydrogens (tertiary/aromatic N) is 3. The molecule has 18 heavy (non-hydrogen) atoms. The van der Waals surface area contributed by atoms with E-state index in [2.05, 4.69) is 41.5 Å². The highest BCUT2D eigenvalue weighted by Gasteiger charge is 2.15. The third-order valence-corrected chi connectivity index (χ3v) is 2.93. The Kier molecular flexibility index (Phi) is 4.07. The summed E-state index contributed by atoms with van der Waals surface area (Å²) in [4.78, 5) is 4.31. The molecule has 1 aromatic carbocycles. The minimum Gasteiger partial charge on any atom is -0.271 e. The van der Waals surface area contributed by atoms with Gasteiger partial charge in [-0.3, -0.25) is 11.3 Å². The molecular weight excluding hydrogens is 226 g/mol. The van der Waals surface area contributed by atoms with Crippen LogP contribution in [0.1, 0.15) is 37.3 Å². The summed E-state index contributed by atoms with van der Waals surface area (Å²) < 4.78 is 1.92. The summed E-state index contributed by atoms with van der Waals surface area (Å²) in [6, 6.07) is 10.5. The van der Waals surface area contributed by atoms with Crippen LogP contribution in [0.5, 0.6) is 0 Å². The second-order valence-corrected chi connectivity index (χ2v) is 4.55. The van der Waals surface area contributed by atoms with E-state index in [1.807, 2.05) is 22.9 Å². The van der Waals surface area contributed by atoms with E-state index in [-0.39, 0.29) is 6.04 Å². The molecule has 0 radical (unpaired) electrons. The van der Waals surface area contributed by atoms with Crippen LogP contribution in [0.3, 0.4) is 0 Å². The number of nitrogens with two attached hydrogens (primary N) is 1. The maximum absolute atomic E-state index is 5.64. The van der Waals surface area contributed by atoms with Gasteiger partial charge in [-0.2, -0.15) is 5.10 Å². The van der Waals surface area contributed by atoms with Crippen LogP contribution in [0, 0.1) is 0 Å². The molecule has 0 aliphatic rings. The lowest BCUT2D eigenvalue weighted by molar-refractivity contribution is 0.468. The van der Waals surface area contributed by atoms with Crippen molar-refractivity contribution in [2.24, 2.45) is 5.84 Å². The van der Waals surface area contributed by atoms with Gasteiger partial charge in [0.05, 0.1) is 6.04 Å². The smallest absolute Gasteiger partial charge is 0.138 e. The summed E-state index contributed by atoms with van der Waals surface area (Å²) in [7, 11) is 0. The van der Waals surface area contributed by atoms with Crippen molar-refractivity contribution in [3.05, 3.63) is 48.0 Å². The molecule has 5 heteroatoms. The summed E-state index contributed by atoms with van der Waals surface area (Å²) in [6.07, 6.45) is 2.31. The van der Waals surface area contributed by atoms with E-state index in [9.17, 15) is 0 Å². The summed E-state index contributed by atoms with van der Waals surface area (Å²) in [5, 5.41) is 4.23. The van der Waals surface area contributed by atoms with Crippen molar-refractivity contribution >= 4 is 0 Å². The molecule has 96 valence electrons. The normalized spacial score (nSPS) is 12.9. The standard InChI is InChI=1S/C13H19N5/c1-10(2)18-13(15-9-16-18)8-12(17-14)11-6-4-3-5-7-11/h3-7,9-10,12,17H,8,14H2,1-2H3. The highest BCUT2D eigenvalue weighted by atomic mass is 15.3. The van der Waals surface area contributed by atoms with Gasteiger partial charge in [-0.1, -0.05) is 30.3 Å². The van der Waals surface area contributed by atoms with E-state index in [1.54, 1.807) is 6.33 Å². The molecule has 0 saturated heterocycles. The molecule has 1 heterocycles. The zero-order chi connectivity index (χ0) is 13.0. The fourth-order valence-corrected chi connectivity index (χ4v) is 1.99. The van der Waals surface area contributed by atoms with Gasteiger partial charge in [0.2, 0.25) is 0 Å². The Morgan fingerprint density at radius 1 is 1.28 bits per heavy atom. The Balaban J connectivity index is 2.18. The molecule has 2 aromatic rings. The van der Waals surface area contributed by atoms with Crippen LogP contribution in [-0.4, -0.2) is 14.8 Å². The molecule has 1 aromatic heterocycles. The van der Waals surface area contributed by atoms with E-state index in [0.29, 0.717) is 6.04 Å². The van der Waals surface area contributed by atoms with Crippen LogP contribution in [0.25, 0.3) is 0 Å². The predicted octanol–water partition coefficient (Wildman–Crippen LogP) is 1.61. The van der Waals surface area contributed by atoms with Gasteiger partial charge in [0, 0.05) is 12.5 Å². The molecule has 0 saturated carbocycles. The number of hydrazine groups is 1. The number of benzene rings is 1. The number of aromatic nitrogens is 3. The third-order valence-electron chi connectivity index (χ3n) is 2.93. The van der Waals surface area contributed by atoms with Gasteiger partial charge >= 0.3 is 0 Å². The Morgan fingerprint density at radius 2 is 2.00 bits per heavy atom. The zero-order valence-corrected chi connectivity index (χ0v) is 10.7. The van der Waals surface area contributed by atoms with Crippen molar-refractivity contribution < 1.29 is 0 Å². The van der Waals surface area contributed by atoms with Crippen LogP contribution >= 0.6 is 0 Å². The van der Waals surface area contributed by atoms with Crippen molar-refractivity contribution in [2.75, 3.05) is 0 Å². The average molecular weight is 245 g/mol. The van der Waals surface area contributed by atoms with E-state index in [4.69, 9.17) is 5.84 Å². The SMILES string of the molecule is CC(C)n1ncnc1CC(NN)c1ccccc1. The quantitative estimate of drug-likeness (QED) is 0.620. The highest BCUT2D eigenvalue weighted by molar-refractivity contribution is 5.19. The molecule has 0 amide bonds. The van der Waals surface area contributed by atoms with Gasteiger partial charge in [0.1, 0.15) is 12.2 Å². The molecule has 0 fully saturated rings. The number of rotatable bonds is 5. The number of hydrogen-bond donors (Lipinski definition) is 2. The van der Waals surface area contributed by atoms with Gasteiger partial charge in [-0.05, 0) is 19.4 Å². The first-order valence-electron chi connectivity index (χ1n) is 6.12. The predicted molar refractivity (Wildman–Crippen MR) is 70.6 cm³/mol. The Labute approximate surface area is 107 Å². The molecule has 0 aliphatic carbocycles. The largest absolute Gasteiger partial charge is 0.271 e. The molecule has 0 spiro atoms. The first-order chi connectivity index (χ1) is 8.72. The Morgan fingerprint density at radius 3 is 2.61 bits per heavy atom. The zero-order valence-electron chi connectivity index (χ0n) is 10.7. The van der Waals surface area contributed by atoms with Crippen molar-refractivity contribution in [3.63, 3.8) is 0 Å². The summed E-state index contributed by atoms with van der Waals surface area (Å²) in [5.41, 5.74) is 3.99. The Bertz CT molecular complexity index is 477. The lowest BCUT2D eigenvalue weighted by Gasteiger charge is -2.17. The van der Waals surface area contributed by atoms with Crippen LogP contribution < -0.4 is 11.3 Å². The highest BCUT2D eigenvalue weighted by Crippen LogP contribution is 2.17. The lowest BCUT2D eigenvalue weighted by Crippen LogP contribution is -2.30. The molecule has 0 aliphatic heterocycles. The number of nitrogens with one attached hydrogen (secondary N) is 1. The number of hydrogen-bond acceptors (Lipinski definition) is 4. The minimum absolute atomic E-state index is 0.0490. The fourth-order valence-electron chi connectivity index (χ4n) is 1.99. The third kappa shape index (κ3) is 2.75.